The third-order valence-electron chi connectivity index (χ3n) is 2.60. The second-order valence-corrected chi connectivity index (χ2v) is 4.83. The van der Waals surface area contributed by atoms with Gasteiger partial charge in [-0.1, -0.05) is 15.9 Å². The number of ether oxygens (including phenoxy) is 2. The van der Waals surface area contributed by atoms with Crippen LogP contribution >= 0.6 is 27.5 Å². The summed E-state index contributed by atoms with van der Waals surface area (Å²) in [5, 5.41) is 10.2. The number of allylic oxidation sites excluding steroid dienone is 1. The predicted octanol–water partition coefficient (Wildman–Crippen LogP) is 2.54. The average Bonchev–Trinajstić information content (AvgIpc) is 2.38. The van der Waals surface area contributed by atoms with E-state index in [9.17, 15) is 9.90 Å². The second kappa shape index (κ2) is 5.30. The maximum atomic E-state index is 11.7. The van der Waals surface area contributed by atoms with Gasteiger partial charge in [0.15, 0.2) is 0 Å². The monoisotopic (exact) mass is 332 g/mol. The first-order chi connectivity index (χ1) is 8.58. The zero-order chi connectivity index (χ0) is 13.3. The minimum atomic E-state index is -1.10. The second-order valence-electron chi connectivity index (χ2n) is 3.65. The molecule has 6 heteroatoms. The Morgan fingerprint density at radius 2 is 2.33 bits per heavy atom. The molecule has 0 aromatic heterocycles. The molecule has 96 valence electrons. The van der Waals surface area contributed by atoms with Crippen molar-refractivity contribution in [1.29, 1.82) is 0 Å². The number of aliphatic hydroxyl groups is 1. The summed E-state index contributed by atoms with van der Waals surface area (Å²) in [5.41, 5.74) is 0.539. The van der Waals surface area contributed by atoms with Crippen molar-refractivity contribution in [3.63, 3.8) is 0 Å². The van der Waals surface area contributed by atoms with E-state index >= 15 is 0 Å². The largest absolute Gasteiger partial charge is 0.465 e. The van der Waals surface area contributed by atoms with Gasteiger partial charge in [0, 0.05) is 10.0 Å². The number of aliphatic hydroxyl groups excluding tert-OH is 1. The fourth-order valence-electron chi connectivity index (χ4n) is 1.76. The lowest BCUT2D eigenvalue weighted by Crippen LogP contribution is -2.23. The summed E-state index contributed by atoms with van der Waals surface area (Å²) in [7, 11) is 1.24. The first-order valence-electron chi connectivity index (χ1n) is 5.11. The van der Waals surface area contributed by atoms with E-state index in [1.165, 1.54) is 7.11 Å². The van der Waals surface area contributed by atoms with Crippen LogP contribution < -0.4 is 4.74 Å². The standard InChI is InChI=1S/C12H10BrClO4/c1-17-12(16)10-9(5-14)18-8-3-2-6(13)4-7(8)11(10)15/h2-4,11,15H,5H2,1H3. The molecule has 1 heterocycles. The molecule has 0 saturated heterocycles. The van der Waals surface area contributed by atoms with Crippen molar-refractivity contribution >= 4 is 33.5 Å². The SMILES string of the molecule is COC(=O)C1=C(CCl)Oc2ccc(Br)cc2C1O. The molecular weight excluding hydrogens is 323 g/mol. The van der Waals surface area contributed by atoms with E-state index in [4.69, 9.17) is 16.3 Å². The molecule has 1 aliphatic rings. The van der Waals surface area contributed by atoms with Gasteiger partial charge in [0.1, 0.15) is 23.2 Å². The third-order valence-corrected chi connectivity index (χ3v) is 3.34. The van der Waals surface area contributed by atoms with Crippen LogP contribution in [-0.2, 0) is 9.53 Å². The fourth-order valence-corrected chi connectivity index (χ4v) is 2.33. The highest BCUT2D eigenvalue weighted by molar-refractivity contribution is 9.10. The minimum absolute atomic E-state index is 0.0169. The van der Waals surface area contributed by atoms with Crippen molar-refractivity contribution in [3.05, 3.63) is 39.6 Å². The van der Waals surface area contributed by atoms with Gasteiger partial charge in [-0.15, -0.1) is 11.6 Å². The first-order valence-corrected chi connectivity index (χ1v) is 6.44. The molecule has 0 spiro atoms. The van der Waals surface area contributed by atoms with Gasteiger partial charge in [0.05, 0.1) is 13.0 Å². The maximum absolute atomic E-state index is 11.7. The van der Waals surface area contributed by atoms with Crippen molar-refractivity contribution in [2.45, 2.75) is 6.10 Å². The molecule has 2 rings (SSSR count). The van der Waals surface area contributed by atoms with Gasteiger partial charge in [0.25, 0.3) is 0 Å². The van der Waals surface area contributed by atoms with Crippen molar-refractivity contribution in [1.82, 2.24) is 0 Å². The van der Waals surface area contributed by atoms with Crippen LogP contribution in [0.25, 0.3) is 0 Å². The van der Waals surface area contributed by atoms with Crippen LogP contribution in [0.3, 0.4) is 0 Å². The zero-order valence-corrected chi connectivity index (χ0v) is 11.8. The molecule has 1 atom stereocenters. The number of carbonyl (C=O) groups excluding carboxylic acids is 1. The Hall–Kier alpha value is -1.04. The van der Waals surface area contributed by atoms with Crippen LogP contribution in [0.2, 0.25) is 0 Å². The molecule has 0 saturated carbocycles. The highest BCUT2D eigenvalue weighted by Crippen LogP contribution is 2.39. The number of benzene rings is 1. The summed E-state index contributed by atoms with van der Waals surface area (Å²) in [6.45, 7) is 0. The quantitative estimate of drug-likeness (QED) is 0.667. The summed E-state index contributed by atoms with van der Waals surface area (Å²) < 4.78 is 10.9. The average molecular weight is 334 g/mol. The van der Waals surface area contributed by atoms with Crippen molar-refractivity contribution in [2.24, 2.45) is 0 Å². The Bertz CT molecular complexity index is 527. The molecular formula is C12H10BrClO4. The molecule has 0 amide bonds. The van der Waals surface area contributed by atoms with Crippen LogP contribution in [0.15, 0.2) is 34.0 Å². The Kier molecular flexibility index (Phi) is 3.94. The van der Waals surface area contributed by atoms with Crippen molar-refractivity contribution in [2.75, 3.05) is 13.0 Å². The number of fused-ring (bicyclic) bond motifs is 1. The van der Waals surface area contributed by atoms with Crippen LogP contribution in [-0.4, -0.2) is 24.1 Å². The van der Waals surface area contributed by atoms with E-state index < -0.39 is 12.1 Å². The number of hydrogen-bond donors (Lipinski definition) is 1. The summed E-state index contributed by atoms with van der Waals surface area (Å²) in [6.07, 6.45) is -1.10. The van der Waals surface area contributed by atoms with E-state index in [1.54, 1.807) is 18.2 Å². The summed E-state index contributed by atoms with van der Waals surface area (Å²) >= 11 is 9.03. The molecule has 1 aromatic carbocycles. The zero-order valence-electron chi connectivity index (χ0n) is 9.44. The maximum Gasteiger partial charge on any atom is 0.340 e. The molecule has 4 nitrogen and oxygen atoms in total. The Morgan fingerprint density at radius 1 is 1.61 bits per heavy atom. The van der Waals surface area contributed by atoms with Gasteiger partial charge in [-0.05, 0) is 18.2 Å². The topological polar surface area (TPSA) is 55.8 Å². The van der Waals surface area contributed by atoms with Crippen LogP contribution in [0.4, 0.5) is 0 Å². The van der Waals surface area contributed by atoms with Gasteiger partial charge >= 0.3 is 5.97 Å². The molecule has 1 unspecified atom stereocenters. The summed E-state index contributed by atoms with van der Waals surface area (Å²) in [6, 6.07) is 5.16. The van der Waals surface area contributed by atoms with Gasteiger partial charge in [-0.25, -0.2) is 4.79 Å². The van der Waals surface area contributed by atoms with Crippen molar-refractivity contribution in [3.8, 4) is 5.75 Å². The predicted molar refractivity (Wildman–Crippen MR) is 69.5 cm³/mol. The molecule has 1 aromatic rings. The highest BCUT2D eigenvalue weighted by atomic mass is 79.9. The third kappa shape index (κ3) is 2.25. The Morgan fingerprint density at radius 3 is 2.94 bits per heavy atom. The molecule has 18 heavy (non-hydrogen) atoms. The number of carbonyl (C=O) groups is 1. The first kappa shape index (κ1) is 13.4. The highest BCUT2D eigenvalue weighted by Gasteiger charge is 2.33. The molecule has 1 N–H and O–H groups in total. The van der Waals surface area contributed by atoms with Crippen LogP contribution in [0.1, 0.15) is 11.7 Å². The lowest BCUT2D eigenvalue weighted by atomic mass is 9.97. The van der Waals surface area contributed by atoms with Gasteiger partial charge in [-0.3, -0.25) is 0 Å². The van der Waals surface area contributed by atoms with Gasteiger partial charge in [-0.2, -0.15) is 0 Å². The minimum Gasteiger partial charge on any atom is -0.465 e. The van der Waals surface area contributed by atoms with E-state index in [2.05, 4.69) is 20.7 Å². The fraction of sp³-hybridized carbons (Fsp3) is 0.250. The number of esters is 1. The lowest BCUT2D eigenvalue weighted by Gasteiger charge is -2.25. The Balaban J connectivity index is 2.52. The number of alkyl halides is 1. The lowest BCUT2D eigenvalue weighted by molar-refractivity contribution is -0.137. The van der Waals surface area contributed by atoms with Crippen LogP contribution in [0.5, 0.6) is 5.75 Å². The smallest absolute Gasteiger partial charge is 0.340 e. The number of hydrogen-bond acceptors (Lipinski definition) is 4. The van der Waals surface area contributed by atoms with E-state index in [0.717, 1.165) is 4.47 Å². The van der Waals surface area contributed by atoms with E-state index in [1.807, 2.05) is 0 Å². The molecule has 0 radical (unpaired) electrons. The number of methoxy groups -OCH3 is 1. The molecule has 0 aliphatic carbocycles. The molecule has 1 aliphatic heterocycles. The number of halogens is 2. The number of rotatable bonds is 2. The molecule has 0 bridgehead atoms. The molecule has 0 fully saturated rings. The van der Waals surface area contributed by atoms with Gasteiger partial charge < -0.3 is 14.6 Å². The van der Waals surface area contributed by atoms with E-state index in [-0.39, 0.29) is 17.2 Å². The normalized spacial score (nSPS) is 18.1. The van der Waals surface area contributed by atoms with Gasteiger partial charge in [0.2, 0.25) is 0 Å². The Labute approximate surface area is 117 Å². The van der Waals surface area contributed by atoms with Crippen LogP contribution in [0, 0.1) is 0 Å². The summed E-state index contributed by atoms with van der Waals surface area (Å²) in [4.78, 5) is 11.7. The van der Waals surface area contributed by atoms with Crippen molar-refractivity contribution < 1.29 is 19.4 Å². The summed E-state index contributed by atoms with van der Waals surface area (Å²) in [5.74, 6) is 0.0281. The van der Waals surface area contributed by atoms with E-state index in [0.29, 0.717) is 11.3 Å².